The number of carbonyl (C=O) groups is 1. The molecule has 0 aromatic carbocycles. The summed E-state index contributed by atoms with van der Waals surface area (Å²) in [5, 5.41) is 7.19. The number of hydrogen-bond acceptors (Lipinski definition) is 4. The molecule has 166 valence electrons. The minimum absolute atomic E-state index is 0.268. The maximum Gasteiger partial charge on any atom is 0.130 e. The molecular formula is C25H45N3O. The molecule has 1 heterocycles. The summed E-state index contributed by atoms with van der Waals surface area (Å²) in [7, 11) is 0. The summed E-state index contributed by atoms with van der Waals surface area (Å²) in [5.74, 6) is 0.370. The fraction of sp³-hybridized carbons (Fsp3) is 0.880. The normalized spacial score (nSPS) is 31.8. The number of hydrogen-bond donors (Lipinski definition) is 2. The van der Waals surface area contributed by atoms with Gasteiger partial charge in [-0.25, -0.2) is 0 Å². The quantitative estimate of drug-likeness (QED) is 0.657. The standard InChI is InChI=1S/C13H24N2.C12H21NO/c1-10(2)15-8-13(9-15)6-11(7-13)14-12(3,4)5;1-9(2)13-8-12-5-11(6-12,7-12)4-10(3)14/h11,14H,1,6-9H2,2-5H3;9,13H,4-8H2,1-3H3. The highest BCUT2D eigenvalue weighted by molar-refractivity contribution is 5.76. The van der Waals surface area contributed by atoms with Crippen LogP contribution in [0.15, 0.2) is 12.3 Å². The van der Waals surface area contributed by atoms with E-state index in [9.17, 15) is 4.79 Å². The summed E-state index contributed by atoms with van der Waals surface area (Å²) in [4.78, 5) is 13.4. The van der Waals surface area contributed by atoms with E-state index in [1.165, 1.54) is 50.9 Å². The van der Waals surface area contributed by atoms with Crippen LogP contribution < -0.4 is 10.6 Å². The van der Waals surface area contributed by atoms with E-state index in [4.69, 9.17) is 0 Å². The summed E-state index contributed by atoms with van der Waals surface area (Å²) in [5.41, 5.74) is 3.17. The van der Waals surface area contributed by atoms with Crippen LogP contribution in [0.1, 0.15) is 87.0 Å². The average molecular weight is 404 g/mol. The van der Waals surface area contributed by atoms with Crippen LogP contribution in [-0.4, -0.2) is 47.9 Å². The summed E-state index contributed by atoms with van der Waals surface area (Å²) in [6, 6.07) is 1.34. The van der Waals surface area contributed by atoms with E-state index in [1.807, 2.05) is 0 Å². The van der Waals surface area contributed by atoms with Crippen LogP contribution in [-0.2, 0) is 4.79 Å². The van der Waals surface area contributed by atoms with Gasteiger partial charge in [-0.3, -0.25) is 0 Å². The van der Waals surface area contributed by atoms with Crippen molar-refractivity contribution in [1.29, 1.82) is 0 Å². The predicted molar refractivity (Wildman–Crippen MR) is 122 cm³/mol. The largest absolute Gasteiger partial charge is 0.374 e. The van der Waals surface area contributed by atoms with Gasteiger partial charge in [0.1, 0.15) is 5.78 Å². The molecule has 2 bridgehead atoms. The molecule has 0 amide bonds. The topological polar surface area (TPSA) is 44.4 Å². The van der Waals surface area contributed by atoms with Crippen LogP contribution in [0.3, 0.4) is 0 Å². The van der Waals surface area contributed by atoms with Gasteiger partial charge in [0, 0.05) is 54.8 Å². The highest BCUT2D eigenvalue weighted by atomic mass is 16.1. The van der Waals surface area contributed by atoms with E-state index < -0.39 is 0 Å². The van der Waals surface area contributed by atoms with Gasteiger partial charge in [-0.15, -0.1) is 0 Å². The fourth-order valence-corrected chi connectivity index (χ4v) is 6.55. The highest BCUT2D eigenvalue weighted by Gasteiger charge is 2.66. The number of nitrogens with one attached hydrogen (secondary N) is 2. The van der Waals surface area contributed by atoms with Gasteiger partial charge in [-0.05, 0) is 77.6 Å². The third kappa shape index (κ3) is 5.25. The first kappa shape index (κ1) is 22.8. The first-order valence-electron chi connectivity index (χ1n) is 11.7. The molecule has 5 aliphatic rings. The molecule has 4 heteroatoms. The lowest BCUT2D eigenvalue weighted by Crippen LogP contribution is -2.66. The predicted octanol–water partition coefficient (Wildman–Crippen LogP) is 4.51. The van der Waals surface area contributed by atoms with Gasteiger partial charge in [-0.1, -0.05) is 20.4 Å². The van der Waals surface area contributed by atoms with Crippen molar-refractivity contribution in [3.63, 3.8) is 0 Å². The van der Waals surface area contributed by atoms with E-state index >= 15 is 0 Å². The molecule has 29 heavy (non-hydrogen) atoms. The lowest BCUT2D eigenvalue weighted by molar-refractivity contribution is -0.204. The summed E-state index contributed by atoms with van der Waals surface area (Å²) < 4.78 is 0. The summed E-state index contributed by atoms with van der Waals surface area (Å²) in [6.07, 6.45) is 7.41. The van der Waals surface area contributed by atoms with Crippen LogP contribution >= 0.6 is 0 Å². The molecule has 1 spiro atoms. The smallest absolute Gasteiger partial charge is 0.130 e. The number of carbonyl (C=O) groups excluding carboxylic acids is 1. The minimum atomic E-state index is 0.268. The summed E-state index contributed by atoms with van der Waals surface area (Å²) in [6.45, 7) is 22.6. The number of allylic oxidation sites excluding steroid dienone is 1. The number of ketones is 1. The molecule has 4 nitrogen and oxygen atoms in total. The Bertz CT molecular complexity index is 611. The molecule has 4 aliphatic carbocycles. The Kier molecular flexibility index (Phi) is 6.04. The maximum absolute atomic E-state index is 11.0. The molecule has 0 radical (unpaired) electrons. The second kappa shape index (κ2) is 7.67. The Morgan fingerprint density at radius 3 is 2.07 bits per heavy atom. The number of nitrogens with zero attached hydrogens (tertiary/aromatic N) is 1. The molecule has 0 unspecified atom stereocenters. The summed E-state index contributed by atoms with van der Waals surface area (Å²) >= 11 is 0. The second-order valence-corrected chi connectivity index (χ2v) is 12.5. The van der Waals surface area contributed by atoms with Gasteiger partial charge in [0.05, 0.1) is 0 Å². The number of rotatable bonds is 7. The second-order valence-electron chi connectivity index (χ2n) is 12.5. The molecular weight excluding hydrogens is 358 g/mol. The van der Waals surface area contributed by atoms with Gasteiger partial charge in [0.25, 0.3) is 0 Å². The maximum atomic E-state index is 11.0. The van der Waals surface area contributed by atoms with Crippen molar-refractivity contribution >= 4 is 5.78 Å². The Labute approximate surface area is 179 Å². The van der Waals surface area contributed by atoms with E-state index in [1.54, 1.807) is 6.92 Å². The van der Waals surface area contributed by atoms with E-state index in [0.717, 1.165) is 19.0 Å². The van der Waals surface area contributed by atoms with Gasteiger partial charge in [-0.2, -0.15) is 0 Å². The van der Waals surface area contributed by atoms with Crippen molar-refractivity contribution in [3.05, 3.63) is 12.3 Å². The van der Waals surface area contributed by atoms with Crippen LogP contribution in [0.4, 0.5) is 0 Å². The third-order valence-electron chi connectivity index (χ3n) is 7.35. The van der Waals surface area contributed by atoms with Crippen LogP contribution in [0, 0.1) is 16.2 Å². The van der Waals surface area contributed by atoms with Crippen LogP contribution in [0.25, 0.3) is 0 Å². The Hall–Kier alpha value is -0.870. The molecule has 1 aliphatic heterocycles. The molecule has 5 rings (SSSR count). The van der Waals surface area contributed by atoms with Crippen LogP contribution in [0.5, 0.6) is 0 Å². The zero-order chi connectivity index (χ0) is 21.7. The zero-order valence-corrected chi connectivity index (χ0v) is 20.1. The molecule has 1 saturated heterocycles. The highest BCUT2D eigenvalue weighted by Crippen LogP contribution is 2.74. The van der Waals surface area contributed by atoms with Crippen molar-refractivity contribution < 1.29 is 4.79 Å². The van der Waals surface area contributed by atoms with Crippen LogP contribution in [0.2, 0.25) is 0 Å². The monoisotopic (exact) mass is 403 g/mol. The molecule has 5 fully saturated rings. The Balaban J connectivity index is 0.000000166. The van der Waals surface area contributed by atoms with Gasteiger partial charge in [0.2, 0.25) is 0 Å². The number of Topliss-reactive ketones (excluding diaryl/α,β-unsaturated/α-hetero) is 1. The average Bonchev–Trinajstić information content (AvgIpc) is 2.39. The lowest BCUT2D eigenvalue weighted by Gasteiger charge is -2.71. The van der Waals surface area contributed by atoms with E-state index in [0.29, 0.717) is 28.1 Å². The van der Waals surface area contributed by atoms with E-state index in [-0.39, 0.29) is 5.54 Å². The lowest BCUT2D eigenvalue weighted by atomic mass is 9.34. The van der Waals surface area contributed by atoms with E-state index in [2.05, 4.69) is 63.7 Å². The zero-order valence-electron chi connectivity index (χ0n) is 20.1. The Morgan fingerprint density at radius 1 is 1.10 bits per heavy atom. The third-order valence-corrected chi connectivity index (χ3v) is 7.35. The Morgan fingerprint density at radius 2 is 1.66 bits per heavy atom. The van der Waals surface area contributed by atoms with Crippen molar-refractivity contribution in [3.8, 4) is 0 Å². The van der Waals surface area contributed by atoms with Crippen molar-refractivity contribution in [2.75, 3.05) is 19.6 Å². The fourth-order valence-electron chi connectivity index (χ4n) is 6.55. The SMILES string of the molecule is C=C(C)N1CC2(CC(NC(C)(C)C)C2)C1.CC(=O)CC12CC(CNC(C)C)(C1)C2. The van der Waals surface area contributed by atoms with Crippen molar-refractivity contribution in [2.45, 2.75) is 105 Å². The first-order valence-corrected chi connectivity index (χ1v) is 11.7. The minimum Gasteiger partial charge on any atom is -0.374 e. The van der Waals surface area contributed by atoms with Crippen molar-refractivity contribution in [1.82, 2.24) is 15.5 Å². The molecule has 2 N–H and O–H groups in total. The molecule has 4 saturated carbocycles. The first-order chi connectivity index (χ1) is 13.3. The molecule has 0 aromatic rings. The number of likely N-dealkylation sites (tertiary alicyclic amines) is 1. The van der Waals surface area contributed by atoms with Gasteiger partial charge < -0.3 is 20.3 Å². The van der Waals surface area contributed by atoms with Crippen molar-refractivity contribution in [2.24, 2.45) is 16.2 Å². The van der Waals surface area contributed by atoms with Gasteiger partial charge in [0.15, 0.2) is 0 Å². The molecule has 0 atom stereocenters. The molecule has 0 aromatic heterocycles. The van der Waals surface area contributed by atoms with Gasteiger partial charge >= 0.3 is 0 Å².